The Hall–Kier alpha value is -1.19. The minimum Gasteiger partial charge on any atom is -0.325 e. The van der Waals surface area contributed by atoms with Gasteiger partial charge in [-0.15, -0.1) is 0 Å². The normalized spacial score (nSPS) is 22.4. The van der Waals surface area contributed by atoms with Gasteiger partial charge in [0, 0.05) is 12.1 Å². The van der Waals surface area contributed by atoms with E-state index in [9.17, 15) is 0 Å². The molecule has 3 N–H and O–H groups in total. The van der Waals surface area contributed by atoms with E-state index in [1.165, 1.54) is 50.5 Å². The number of nitrogens with one attached hydrogen (secondary N) is 1. The quantitative estimate of drug-likeness (QED) is 0.563. The van der Waals surface area contributed by atoms with Crippen molar-refractivity contribution in [1.29, 1.82) is 0 Å². The van der Waals surface area contributed by atoms with Crippen molar-refractivity contribution >= 4 is 6.21 Å². The van der Waals surface area contributed by atoms with Gasteiger partial charge in [-0.2, -0.15) is 0 Å². The second-order valence-electron chi connectivity index (χ2n) is 7.84. The van der Waals surface area contributed by atoms with Gasteiger partial charge in [0.2, 0.25) is 0 Å². The standard InChI is InChI=1S/C21H33N3/c22-21(10-6-11-21)9-4-5-15-23-16-12-20(13-17-24-18-14-20)19-7-2-1-3-8-19/h1-3,7-8,15,24H,4-6,9-14,16-18,22H2. The second kappa shape index (κ2) is 8.26. The molecule has 2 aliphatic rings. The molecule has 3 heteroatoms. The van der Waals surface area contributed by atoms with Gasteiger partial charge >= 0.3 is 0 Å². The second-order valence-corrected chi connectivity index (χ2v) is 7.84. The predicted molar refractivity (Wildman–Crippen MR) is 103 cm³/mol. The molecule has 1 saturated heterocycles. The molecule has 0 bridgehead atoms. The Bertz CT molecular complexity index is 513. The molecule has 1 aliphatic carbocycles. The Morgan fingerprint density at radius 3 is 2.46 bits per heavy atom. The van der Waals surface area contributed by atoms with Crippen molar-refractivity contribution in [1.82, 2.24) is 5.32 Å². The Morgan fingerprint density at radius 2 is 1.79 bits per heavy atom. The number of piperidine rings is 1. The molecule has 24 heavy (non-hydrogen) atoms. The van der Waals surface area contributed by atoms with Crippen LogP contribution in [0.3, 0.4) is 0 Å². The first-order valence-electron chi connectivity index (χ1n) is 9.76. The smallest absolute Gasteiger partial charge is 0.0393 e. The maximum Gasteiger partial charge on any atom is 0.0393 e. The molecule has 1 aromatic carbocycles. The number of rotatable bonds is 8. The molecule has 0 spiro atoms. The summed E-state index contributed by atoms with van der Waals surface area (Å²) in [5.41, 5.74) is 8.25. The third-order valence-corrected chi connectivity index (χ3v) is 6.15. The average Bonchev–Trinajstić information content (AvgIpc) is 2.61. The molecule has 0 unspecified atom stereocenters. The summed E-state index contributed by atoms with van der Waals surface area (Å²) in [5, 5.41) is 3.50. The molecule has 1 aliphatic heterocycles. The lowest BCUT2D eigenvalue weighted by Gasteiger charge is -2.38. The van der Waals surface area contributed by atoms with E-state index in [0.717, 1.165) is 32.5 Å². The summed E-state index contributed by atoms with van der Waals surface area (Å²) in [5.74, 6) is 0. The monoisotopic (exact) mass is 327 g/mol. The number of nitrogens with two attached hydrogens (primary N) is 1. The van der Waals surface area contributed by atoms with E-state index < -0.39 is 0 Å². The van der Waals surface area contributed by atoms with Gasteiger partial charge in [-0.1, -0.05) is 30.3 Å². The molecule has 0 atom stereocenters. The zero-order valence-electron chi connectivity index (χ0n) is 15.0. The molecule has 0 amide bonds. The summed E-state index contributed by atoms with van der Waals surface area (Å²) in [6.07, 6.45) is 12.9. The molecule has 2 fully saturated rings. The Labute approximate surface area is 147 Å². The van der Waals surface area contributed by atoms with E-state index in [4.69, 9.17) is 10.7 Å². The summed E-state index contributed by atoms with van der Waals surface area (Å²) in [6.45, 7) is 3.19. The van der Waals surface area contributed by atoms with Crippen LogP contribution in [-0.2, 0) is 5.41 Å². The summed E-state index contributed by atoms with van der Waals surface area (Å²) in [4.78, 5) is 4.71. The Balaban J connectivity index is 1.45. The van der Waals surface area contributed by atoms with Crippen LogP contribution in [0.2, 0.25) is 0 Å². The van der Waals surface area contributed by atoms with Crippen LogP contribution < -0.4 is 11.1 Å². The molecule has 3 rings (SSSR count). The molecule has 1 heterocycles. The lowest BCUT2D eigenvalue weighted by Crippen LogP contribution is -2.46. The van der Waals surface area contributed by atoms with Gasteiger partial charge in [0.15, 0.2) is 0 Å². The average molecular weight is 328 g/mol. The van der Waals surface area contributed by atoms with Crippen molar-refractivity contribution < 1.29 is 0 Å². The lowest BCUT2D eigenvalue weighted by atomic mass is 9.71. The van der Waals surface area contributed by atoms with Crippen LogP contribution in [0.15, 0.2) is 35.3 Å². The zero-order chi connectivity index (χ0) is 16.7. The van der Waals surface area contributed by atoms with Crippen molar-refractivity contribution in [3.8, 4) is 0 Å². The number of nitrogens with zero attached hydrogens (tertiary/aromatic N) is 1. The van der Waals surface area contributed by atoms with Crippen LogP contribution in [0.4, 0.5) is 0 Å². The van der Waals surface area contributed by atoms with Gasteiger partial charge < -0.3 is 11.1 Å². The minimum atomic E-state index is 0.167. The van der Waals surface area contributed by atoms with Crippen molar-refractivity contribution in [2.24, 2.45) is 10.7 Å². The summed E-state index contributed by atoms with van der Waals surface area (Å²) in [6, 6.07) is 11.1. The fourth-order valence-electron chi connectivity index (χ4n) is 4.27. The number of hydrogen-bond acceptors (Lipinski definition) is 3. The maximum absolute atomic E-state index is 6.27. The molecule has 1 aromatic rings. The first kappa shape index (κ1) is 17.6. The van der Waals surface area contributed by atoms with E-state index in [1.807, 2.05) is 0 Å². The first-order chi connectivity index (χ1) is 11.7. The number of unbranched alkanes of at least 4 members (excludes halogenated alkanes) is 1. The first-order valence-corrected chi connectivity index (χ1v) is 9.76. The van der Waals surface area contributed by atoms with Gasteiger partial charge in [-0.05, 0) is 88.1 Å². The zero-order valence-corrected chi connectivity index (χ0v) is 15.0. The van der Waals surface area contributed by atoms with Crippen LogP contribution in [0, 0.1) is 0 Å². The molecule has 0 aromatic heterocycles. The van der Waals surface area contributed by atoms with E-state index in [-0.39, 0.29) is 5.54 Å². The third-order valence-electron chi connectivity index (χ3n) is 6.15. The van der Waals surface area contributed by atoms with Gasteiger partial charge in [0.1, 0.15) is 0 Å². The topological polar surface area (TPSA) is 50.4 Å². The van der Waals surface area contributed by atoms with Crippen LogP contribution in [0.5, 0.6) is 0 Å². The van der Waals surface area contributed by atoms with Crippen LogP contribution in [0.25, 0.3) is 0 Å². The van der Waals surface area contributed by atoms with Gasteiger partial charge in [0.25, 0.3) is 0 Å². The molecule has 1 saturated carbocycles. The van der Waals surface area contributed by atoms with Crippen molar-refractivity contribution in [3.05, 3.63) is 35.9 Å². The summed E-state index contributed by atoms with van der Waals surface area (Å²) >= 11 is 0. The third kappa shape index (κ3) is 4.46. The SMILES string of the molecule is NC1(CCCC=NCCC2(c3ccccc3)CCNCC2)CCC1. The minimum absolute atomic E-state index is 0.167. The molecule has 132 valence electrons. The van der Waals surface area contributed by atoms with Gasteiger partial charge in [-0.3, -0.25) is 4.99 Å². The highest BCUT2D eigenvalue weighted by Crippen LogP contribution is 2.37. The molecule has 0 radical (unpaired) electrons. The highest BCUT2D eigenvalue weighted by Gasteiger charge is 2.33. The predicted octanol–water partition coefficient (Wildman–Crippen LogP) is 3.82. The fourth-order valence-corrected chi connectivity index (χ4v) is 4.27. The largest absolute Gasteiger partial charge is 0.325 e. The van der Waals surface area contributed by atoms with E-state index in [2.05, 4.69) is 41.9 Å². The number of hydrogen-bond donors (Lipinski definition) is 2. The van der Waals surface area contributed by atoms with Crippen molar-refractivity contribution in [2.45, 2.75) is 68.7 Å². The molecular formula is C21H33N3. The Morgan fingerprint density at radius 1 is 1.04 bits per heavy atom. The number of benzene rings is 1. The number of aliphatic imine (C=N–C) groups is 1. The highest BCUT2D eigenvalue weighted by atomic mass is 14.9. The lowest BCUT2D eigenvalue weighted by molar-refractivity contribution is 0.228. The van der Waals surface area contributed by atoms with Crippen molar-refractivity contribution in [2.75, 3.05) is 19.6 Å². The van der Waals surface area contributed by atoms with Gasteiger partial charge in [-0.25, -0.2) is 0 Å². The summed E-state index contributed by atoms with van der Waals surface area (Å²) in [7, 11) is 0. The highest BCUT2D eigenvalue weighted by molar-refractivity contribution is 5.57. The molecule has 3 nitrogen and oxygen atoms in total. The van der Waals surface area contributed by atoms with Crippen LogP contribution in [-0.4, -0.2) is 31.4 Å². The fraction of sp³-hybridized carbons (Fsp3) is 0.667. The van der Waals surface area contributed by atoms with Crippen molar-refractivity contribution in [3.63, 3.8) is 0 Å². The van der Waals surface area contributed by atoms with Crippen LogP contribution >= 0.6 is 0 Å². The van der Waals surface area contributed by atoms with E-state index in [0.29, 0.717) is 5.41 Å². The van der Waals surface area contributed by atoms with E-state index >= 15 is 0 Å². The molecular weight excluding hydrogens is 294 g/mol. The van der Waals surface area contributed by atoms with Gasteiger partial charge in [0.05, 0.1) is 0 Å². The maximum atomic E-state index is 6.27. The Kier molecular flexibility index (Phi) is 6.07. The van der Waals surface area contributed by atoms with E-state index in [1.54, 1.807) is 0 Å². The summed E-state index contributed by atoms with van der Waals surface area (Å²) < 4.78 is 0. The van der Waals surface area contributed by atoms with Crippen LogP contribution in [0.1, 0.15) is 63.4 Å².